The van der Waals surface area contributed by atoms with Crippen molar-refractivity contribution in [2.75, 3.05) is 123 Å². The Morgan fingerprint density at radius 3 is 1.06 bits per heavy atom. The van der Waals surface area contributed by atoms with Gasteiger partial charge in [0.15, 0.2) is 12.7 Å². The van der Waals surface area contributed by atoms with Crippen LogP contribution >= 0.6 is 0 Å². The summed E-state index contributed by atoms with van der Waals surface area (Å²) >= 11 is 0. The second kappa shape index (κ2) is 47.5. The number of fused-ring (bicyclic) bond motifs is 4. The monoisotopic (exact) mass is 2010 g/mol. The highest BCUT2D eigenvalue weighted by molar-refractivity contribution is 5.88. The number of hydrogen-bond acceptors (Lipinski definition) is 30. The van der Waals surface area contributed by atoms with Gasteiger partial charge >= 0.3 is 12.2 Å². The van der Waals surface area contributed by atoms with Crippen LogP contribution < -0.4 is 71.7 Å². The van der Waals surface area contributed by atoms with Crippen LogP contribution in [0.25, 0.3) is 89.2 Å². The molecule has 19 aromatic rings. The fourth-order valence-electron chi connectivity index (χ4n) is 15.7. The van der Waals surface area contributed by atoms with E-state index in [2.05, 4.69) is 108 Å². The summed E-state index contributed by atoms with van der Waals surface area (Å²) in [4.78, 5) is 53.5. The number of benzene rings is 10. The van der Waals surface area contributed by atoms with Gasteiger partial charge in [-0.15, -0.1) is 4.68 Å². The third kappa shape index (κ3) is 25.1. The first kappa shape index (κ1) is 103. The molecule has 0 atom stereocenters. The lowest BCUT2D eigenvalue weighted by molar-refractivity contribution is -0.727. The Morgan fingerprint density at radius 2 is 0.713 bits per heavy atom. The van der Waals surface area contributed by atoms with Crippen LogP contribution in [-0.2, 0) is 34.4 Å². The maximum absolute atomic E-state index is 13.5. The zero-order chi connectivity index (χ0) is 105. The van der Waals surface area contributed by atoms with Crippen LogP contribution in [0.15, 0.2) is 268 Å². The van der Waals surface area contributed by atoms with Crippen molar-refractivity contribution in [3.8, 4) is 151 Å². The molecule has 752 valence electrons. The van der Waals surface area contributed by atoms with Crippen LogP contribution in [0.4, 0.5) is 58.7 Å². The second-order valence-corrected chi connectivity index (χ2v) is 33.0. The Kier molecular flexibility index (Phi) is 32.6. The summed E-state index contributed by atoms with van der Waals surface area (Å²) in [6.07, 6.45) is 14.4. The van der Waals surface area contributed by atoms with Gasteiger partial charge in [0.05, 0.1) is 225 Å². The number of aliphatic hydroxyl groups is 1. The molecule has 0 aliphatic heterocycles. The lowest BCUT2D eigenvalue weighted by Crippen LogP contribution is -2.29. The van der Waals surface area contributed by atoms with Gasteiger partial charge in [0.2, 0.25) is 12.1 Å². The van der Waals surface area contributed by atoms with E-state index in [4.69, 9.17) is 67.6 Å². The molecule has 9 aromatic heterocycles. The minimum Gasteiger partial charge on any atom is -0.497 e. The van der Waals surface area contributed by atoms with E-state index < -0.39 is 11.9 Å². The highest BCUT2D eigenvalue weighted by Crippen LogP contribution is 2.42. The molecule has 38 heteroatoms. The fourth-order valence-corrected chi connectivity index (χ4v) is 15.7. The summed E-state index contributed by atoms with van der Waals surface area (Å²) < 4.78 is 101. The van der Waals surface area contributed by atoms with Crippen molar-refractivity contribution in [2.24, 2.45) is 28.2 Å². The number of rotatable bonds is 27. The molecule has 35 nitrogen and oxygen atoms in total. The molecule has 0 saturated heterocycles. The van der Waals surface area contributed by atoms with Gasteiger partial charge in [-0.3, -0.25) is 34.0 Å². The van der Waals surface area contributed by atoms with E-state index >= 15 is 0 Å². The number of anilines is 8. The van der Waals surface area contributed by atoms with Gasteiger partial charge in [-0.1, -0.05) is 41.7 Å². The molecule has 150 heavy (non-hydrogen) atoms. The number of aliphatic hydroxyl groups excluding tert-OH is 1. The van der Waals surface area contributed by atoms with E-state index in [0.717, 1.165) is 107 Å². The maximum Gasteiger partial charge on any atom is 0.437 e. The van der Waals surface area contributed by atoms with Crippen molar-refractivity contribution < 1.29 is 70.3 Å². The smallest absolute Gasteiger partial charge is 0.437 e. The summed E-state index contributed by atoms with van der Waals surface area (Å²) in [5, 5.41) is 43.2. The van der Waals surface area contributed by atoms with E-state index in [1.165, 1.54) is 52.6 Å². The normalized spacial score (nSPS) is 10.7. The van der Waals surface area contributed by atoms with E-state index in [9.17, 15) is 23.5 Å². The SMILES string of the molecule is COc1cc(OC)cc(N(CC#Cc2cc(OC)nc(OC)n2)c2ccc3ncc(-c4cnn(C)c4)nc3c2)c1.COc1cc(OC)cc(N(CC#Cc2ccc(C#N)cc2)c2ccc3ncc(-c4cnn(C)c4)nc3c2)c1.COc1cc(OC)cc(N(CC#Cc2ccccc2C#N)c2ccc3ncc(-c4cnn(C)c4)nc3c2)c1.COc1cc(OC)cc(N(CCO)c2ccc3ncc(-c4c[n+](C)[nH]c4C(F)(F)F)nc3c2)c1. The number of aromatic amines is 1. The van der Waals surface area contributed by atoms with Gasteiger partial charge < -0.3 is 72.1 Å². The molecule has 0 aliphatic rings. The molecule has 0 radical (unpaired) electrons. The lowest BCUT2D eigenvalue weighted by Gasteiger charge is -2.25. The molecule has 0 spiro atoms. The molecular weight excluding hydrogens is 1910 g/mol. The van der Waals surface area contributed by atoms with Gasteiger partial charge in [-0.05, 0) is 115 Å². The number of halogens is 3. The molecule has 2 N–H and O–H groups in total. The molecule has 9 heterocycles. The number of methoxy groups -OCH3 is 10. The largest absolute Gasteiger partial charge is 0.497 e. The Morgan fingerprint density at radius 1 is 0.360 bits per heavy atom. The average molecular weight is 2010 g/mol. The van der Waals surface area contributed by atoms with Crippen LogP contribution in [0.5, 0.6) is 57.9 Å². The van der Waals surface area contributed by atoms with Gasteiger partial charge in [-0.2, -0.15) is 54.1 Å². The third-order valence-corrected chi connectivity index (χ3v) is 23.2. The topological polar surface area (TPSA) is 375 Å². The number of nitrogens with one attached hydrogen (secondary N) is 1. The van der Waals surface area contributed by atoms with Crippen LogP contribution in [0.2, 0.25) is 0 Å². The number of nitriles is 2. The Bertz CT molecular complexity index is 8310. The molecule has 0 bridgehead atoms. The van der Waals surface area contributed by atoms with Crippen LogP contribution in [-0.4, -0.2) is 193 Å². The zero-order valence-corrected chi connectivity index (χ0v) is 83.9. The van der Waals surface area contributed by atoms with Crippen LogP contribution in [0.3, 0.4) is 0 Å². The molecule has 0 aliphatic carbocycles. The summed E-state index contributed by atoms with van der Waals surface area (Å²) in [6.45, 7) is 1.15. The van der Waals surface area contributed by atoms with Crippen molar-refractivity contribution in [3.05, 3.63) is 302 Å². The van der Waals surface area contributed by atoms with Crippen molar-refractivity contribution in [3.63, 3.8) is 0 Å². The van der Waals surface area contributed by atoms with Gasteiger partial charge in [0.25, 0.3) is 0 Å². The molecule has 0 amide bonds. The molecule has 19 rings (SSSR count). The van der Waals surface area contributed by atoms with Crippen molar-refractivity contribution >= 4 is 89.6 Å². The third-order valence-electron chi connectivity index (χ3n) is 23.2. The van der Waals surface area contributed by atoms with Crippen molar-refractivity contribution in [2.45, 2.75) is 6.18 Å². The molecule has 0 fully saturated rings. The quantitative estimate of drug-likeness (QED) is 0.0357. The number of aryl methyl sites for hydroxylation is 4. The summed E-state index contributed by atoms with van der Waals surface area (Å²) in [5.41, 5.74) is 19.1. The Labute approximate surface area is 860 Å². The number of H-pyrrole nitrogens is 1. The zero-order valence-electron chi connectivity index (χ0n) is 83.9. The first-order valence-corrected chi connectivity index (χ1v) is 46.1. The fraction of sp³-hybridized carbons (Fsp3) is 0.179. The second-order valence-electron chi connectivity index (χ2n) is 33.0. The Balaban J connectivity index is 0.000000143. The van der Waals surface area contributed by atoms with E-state index in [1.807, 2.05) is 194 Å². The van der Waals surface area contributed by atoms with Crippen molar-refractivity contribution in [1.29, 1.82) is 10.5 Å². The standard InChI is InChI=1S/2C30H24N6O2.C29H27N7O4.C23H22F3N5O3/c1-35-20-23(18-33-35)30-19-32-28-11-10-24(15-29(28)34-30)36(25-13-26(37-2)16-27(14-25)38-3)12-4-5-21-6-8-22(17-31)9-7-21;1-35-20-23(18-33-35)30-19-32-28-11-10-24(15-29(28)34-30)36(25-13-26(37-2)16-27(14-25)38-3)12-6-9-21-7-4-5-8-22(21)17-31;1-35-18-19(16-31-35)27-17-30-25-9-8-21(14-26(25)33-27)36(22-12-23(37-2)15-24(13-22)38-3)10-6-7-20-11-28(39-4)34-29(32-20)40-5;1-30-13-18(22(29-30)23(24,25)26)21-12-27-19-5-4-14(10-20(19)28-21)31(6-7-32)15-8-16(33-2)11-17(9-15)34-3/h6-11,13-16,18-20H,12H2,1-3H3;4-5,7-8,10-11,13-16,18-20H,12H2,1-3H3;8-9,11-18H,10H2,1-5H3;4-5,8-13,32H,6-7H2,1-3H3/p+1. The maximum atomic E-state index is 13.5. The average Bonchev–Trinajstić information content (AvgIpc) is 1.50. The van der Waals surface area contributed by atoms with Crippen LogP contribution in [0.1, 0.15) is 33.6 Å². The minimum atomic E-state index is -4.57. The summed E-state index contributed by atoms with van der Waals surface area (Å²) in [5.74, 6) is 24.6. The molecular formula is C112H98F3N24O11+. The van der Waals surface area contributed by atoms with Crippen LogP contribution in [0, 0.1) is 58.2 Å². The number of hydrogen-bond donors (Lipinski definition) is 2. The van der Waals surface area contributed by atoms with Crippen molar-refractivity contribution in [1.82, 2.24) is 84.3 Å². The van der Waals surface area contributed by atoms with Gasteiger partial charge in [-0.25, -0.2) is 19.9 Å². The van der Waals surface area contributed by atoms with Gasteiger partial charge in [0.1, 0.15) is 63.3 Å². The van der Waals surface area contributed by atoms with E-state index in [0.29, 0.717) is 116 Å². The molecule has 0 unspecified atom stereocenters. The summed E-state index contributed by atoms with van der Waals surface area (Å²) in [6, 6.07) is 66.0. The molecule has 10 aromatic carbocycles. The number of aromatic nitrogens is 18. The highest BCUT2D eigenvalue weighted by Gasteiger charge is 2.40. The molecule has 0 saturated carbocycles. The predicted octanol–water partition coefficient (Wildman–Crippen LogP) is 17.9. The van der Waals surface area contributed by atoms with Gasteiger partial charge in [0, 0.05) is 198 Å². The predicted molar refractivity (Wildman–Crippen MR) is 562 cm³/mol. The lowest BCUT2D eigenvalue weighted by atomic mass is 10.1. The Hall–Kier alpha value is -19.9. The summed E-state index contributed by atoms with van der Waals surface area (Å²) in [7, 11) is 22.9. The first-order valence-electron chi connectivity index (χ1n) is 46.1. The number of ether oxygens (including phenoxy) is 10. The number of nitrogens with zero attached hydrogens (tertiary/aromatic N) is 23. The first-order chi connectivity index (χ1) is 72.8. The number of alkyl halides is 3. The van der Waals surface area contributed by atoms with E-state index in [-0.39, 0.29) is 30.4 Å². The highest BCUT2D eigenvalue weighted by atomic mass is 19.4. The van der Waals surface area contributed by atoms with E-state index in [1.54, 1.807) is 155 Å². The minimum absolute atomic E-state index is 0.0885.